The summed E-state index contributed by atoms with van der Waals surface area (Å²) in [6.07, 6.45) is 1.70. The van der Waals surface area contributed by atoms with Gasteiger partial charge in [-0.2, -0.15) is 0 Å². The third kappa shape index (κ3) is 3.13. The van der Waals surface area contributed by atoms with Crippen molar-refractivity contribution in [2.45, 2.75) is 0 Å². The lowest BCUT2D eigenvalue weighted by Gasteiger charge is -2.16. The van der Waals surface area contributed by atoms with Crippen molar-refractivity contribution >= 4 is 46.6 Å². The Bertz CT molecular complexity index is 899. The molecule has 26 heavy (non-hydrogen) atoms. The van der Waals surface area contributed by atoms with E-state index in [0.29, 0.717) is 32.9 Å². The molecule has 0 saturated carbocycles. The van der Waals surface area contributed by atoms with Gasteiger partial charge in [-0.05, 0) is 42.1 Å². The summed E-state index contributed by atoms with van der Waals surface area (Å²) in [5, 5.41) is 0.851. The molecule has 2 aromatic carbocycles. The van der Waals surface area contributed by atoms with Crippen LogP contribution in [0.3, 0.4) is 0 Å². The van der Waals surface area contributed by atoms with Crippen LogP contribution in [0.4, 0.5) is 5.69 Å². The van der Waals surface area contributed by atoms with Crippen molar-refractivity contribution in [2.75, 3.05) is 26.2 Å². The summed E-state index contributed by atoms with van der Waals surface area (Å²) < 4.78 is 10.6. The van der Waals surface area contributed by atoms with E-state index in [-0.39, 0.29) is 5.91 Å². The van der Waals surface area contributed by atoms with E-state index >= 15 is 0 Å². The number of benzene rings is 2. The standard InChI is InChI=1S/C19H17ClN2O3S/c1-21-15(9-12-10-16(24-2)17(25-3)11-14(12)20)18(23)22(19(21)26)13-7-5-4-6-8-13/h4-11H,1-3H3/b15-9-. The average Bonchev–Trinajstić information content (AvgIpc) is 2.86. The molecule has 3 rings (SSSR count). The molecule has 0 radical (unpaired) electrons. The second-order valence-corrected chi connectivity index (χ2v) is 6.35. The second-order valence-electron chi connectivity index (χ2n) is 5.58. The first kappa shape index (κ1) is 18.2. The highest BCUT2D eigenvalue weighted by molar-refractivity contribution is 7.80. The Morgan fingerprint density at radius 3 is 2.31 bits per heavy atom. The van der Waals surface area contributed by atoms with E-state index in [1.807, 2.05) is 30.3 Å². The molecular weight excluding hydrogens is 372 g/mol. The summed E-state index contributed by atoms with van der Waals surface area (Å²) in [7, 11) is 4.84. The van der Waals surface area contributed by atoms with Crippen molar-refractivity contribution in [3.8, 4) is 11.5 Å². The summed E-state index contributed by atoms with van der Waals surface area (Å²) in [6, 6.07) is 12.7. The number of amides is 1. The first-order chi connectivity index (χ1) is 12.5. The highest BCUT2D eigenvalue weighted by Gasteiger charge is 2.36. The van der Waals surface area contributed by atoms with Crippen molar-refractivity contribution in [3.63, 3.8) is 0 Å². The zero-order valence-corrected chi connectivity index (χ0v) is 16.1. The van der Waals surface area contributed by atoms with Gasteiger partial charge in [-0.15, -0.1) is 0 Å². The van der Waals surface area contributed by atoms with Gasteiger partial charge < -0.3 is 14.4 Å². The van der Waals surface area contributed by atoms with Gasteiger partial charge in [-0.25, -0.2) is 0 Å². The van der Waals surface area contributed by atoms with Crippen LogP contribution in [0.2, 0.25) is 5.02 Å². The molecule has 0 bridgehead atoms. The van der Waals surface area contributed by atoms with Crippen LogP contribution in [0, 0.1) is 0 Å². The third-order valence-electron chi connectivity index (χ3n) is 4.07. The summed E-state index contributed by atoms with van der Waals surface area (Å²) in [5.74, 6) is 0.834. The van der Waals surface area contributed by atoms with Crippen LogP contribution >= 0.6 is 23.8 Å². The molecule has 7 heteroatoms. The fourth-order valence-corrected chi connectivity index (χ4v) is 3.18. The summed E-state index contributed by atoms with van der Waals surface area (Å²) in [6.45, 7) is 0. The monoisotopic (exact) mass is 388 g/mol. The van der Waals surface area contributed by atoms with Gasteiger partial charge in [0.25, 0.3) is 5.91 Å². The minimum Gasteiger partial charge on any atom is -0.493 e. The summed E-state index contributed by atoms with van der Waals surface area (Å²) in [5.41, 5.74) is 1.78. The molecule has 0 atom stereocenters. The third-order valence-corrected chi connectivity index (χ3v) is 4.86. The number of carbonyl (C=O) groups is 1. The van der Waals surface area contributed by atoms with Crippen LogP contribution in [-0.2, 0) is 4.79 Å². The molecule has 5 nitrogen and oxygen atoms in total. The van der Waals surface area contributed by atoms with E-state index < -0.39 is 0 Å². The highest BCUT2D eigenvalue weighted by atomic mass is 35.5. The second kappa shape index (κ2) is 7.35. The van der Waals surface area contributed by atoms with Gasteiger partial charge in [-0.3, -0.25) is 9.69 Å². The zero-order valence-electron chi connectivity index (χ0n) is 14.5. The maximum absolute atomic E-state index is 12.9. The molecule has 0 aliphatic carbocycles. The zero-order chi connectivity index (χ0) is 18.8. The van der Waals surface area contributed by atoms with Crippen molar-refractivity contribution in [3.05, 3.63) is 58.7 Å². The number of nitrogens with zero attached hydrogens (tertiary/aromatic N) is 2. The van der Waals surface area contributed by atoms with Crippen molar-refractivity contribution < 1.29 is 14.3 Å². The Labute approximate surface area is 162 Å². The maximum Gasteiger partial charge on any atom is 0.281 e. The Morgan fingerprint density at radius 2 is 1.69 bits per heavy atom. The molecule has 0 N–H and O–H groups in total. The first-order valence-corrected chi connectivity index (χ1v) is 8.57. The summed E-state index contributed by atoms with van der Waals surface area (Å²) in [4.78, 5) is 16.1. The number of hydrogen-bond acceptors (Lipinski definition) is 4. The van der Waals surface area contributed by atoms with E-state index in [2.05, 4.69) is 0 Å². The molecule has 0 spiro atoms. The van der Waals surface area contributed by atoms with Crippen LogP contribution in [-0.4, -0.2) is 37.2 Å². The van der Waals surface area contributed by atoms with Crippen molar-refractivity contribution in [1.29, 1.82) is 0 Å². The molecule has 134 valence electrons. The van der Waals surface area contributed by atoms with Crippen molar-refractivity contribution in [2.24, 2.45) is 0 Å². The molecule has 1 aliphatic rings. The van der Waals surface area contributed by atoms with Crippen LogP contribution in [0.5, 0.6) is 11.5 Å². The SMILES string of the molecule is COc1cc(Cl)c(/C=C2/C(=O)N(c3ccccc3)C(=S)N2C)cc1OC. The predicted molar refractivity (Wildman–Crippen MR) is 107 cm³/mol. The number of rotatable bonds is 4. The van der Waals surface area contributed by atoms with Crippen LogP contribution in [0.15, 0.2) is 48.2 Å². The fourth-order valence-electron chi connectivity index (χ4n) is 2.69. The van der Waals surface area contributed by atoms with E-state index in [9.17, 15) is 4.79 Å². The molecule has 0 aromatic heterocycles. The molecule has 1 saturated heterocycles. The van der Waals surface area contributed by atoms with E-state index in [1.165, 1.54) is 12.0 Å². The van der Waals surface area contributed by atoms with Gasteiger partial charge in [-0.1, -0.05) is 29.8 Å². The Kier molecular flexibility index (Phi) is 5.15. The topological polar surface area (TPSA) is 42.0 Å². The number of methoxy groups -OCH3 is 2. The lowest BCUT2D eigenvalue weighted by Crippen LogP contribution is -2.30. The van der Waals surface area contributed by atoms with Gasteiger partial charge >= 0.3 is 0 Å². The molecular formula is C19H17ClN2O3S. The first-order valence-electron chi connectivity index (χ1n) is 7.78. The highest BCUT2D eigenvalue weighted by Crippen LogP contribution is 2.35. The van der Waals surface area contributed by atoms with Gasteiger partial charge in [0.15, 0.2) is 16.6 Å². The number of halogens is 1. The minimum absolute atomic E-state index is 0.213. The van der Waals surface area contributed by atoms with E-state index in [4.69, 9.17) is 33.3 Å². The van der Waals surface area contributed by atoms with Gasteiger partial charge in [0.2, 0.25) is 0 Å². The summed E-state index contributed by atoms with van der Waals surface area (Å²) >= 11 is 11.8. The smallest absolute Gasteiger partial charge is 0.281 e. The molecule has 0 unspecified atom stereocenters. The number of thiocarbonyl (C=S) groups is 1. The fraction of sp³-hybridized carbons (Fsp3) is 0.158. The van der Waals surface area contributed by atoms with Gasteiger partial charge in [0, 0.05) is 13.1 Å². The van der Waals surface area contributed by atoms with Gasteiger partial charge in [0.05, 0.1) is 24.9 Å². The number of anilines is 1. The average molecular weight is 389 g/mol. The minimum atomic E-state index is -0.213. The number of para-hydroxylation sites is 1. The van der Waals surface area contributed by atoms with Gasteiger partial charge in [0.1, 0.15) is 5.70 Å². The molecule has 1 aliphatic heterocycles. The lowest BCUT2D eigenvalue weighted by molar-refractivity contribution is -0.114. The van der Waals surface area contributed by atoms with Crippen LogP contribution < -0.4 is 14.4 Å². The van der Waals surface area contributed by atoms with Crippen molar-refractivity contribution in [1.82, 2.24) is 4.90 Å². The number of carbonyl (C=O) groups excluding carboxylic acids is 1. The Hall–Kier alpha value is -2.57. The molecule has 1 amide bonds. The normalized spacial score (nSPS) is 15.8. The number of ether oxygens (including phenoxy) is 2. The van der Waals surface area contributed by atoms with Crippen LogP contribution in [0.25, 0.3) is 6.08 Å². The molecule has 2 aromatic rings. The largest absolute Gasteiger partial charge is 0.493 e. The molecule has 1 heterocycles. The lowest BCUT2D eigenvalue weighted by atomic mass is 10.1. The number of hydrogen-bond donors (Lipinski definition) is 0. The quantitative estimate of drug-likeness (QED) is 0.585. The predicted octanol–water partition coefficient (Wildman–Crippen LogP) is 3.96. The number of likely N-dealkylation sites (N-methyl/N-ethyl adjacent to an activating group) is 1. The van der Waals surface area contributed by atoms with E-state index in [0.717, 1.165) is 5.69 Å². The Balaban J connectivity index is 2.04. The maximum atomic E-state index is 12.9. The molecule has 1 fully saturated rings. The van der Waals surface area contributed by atoms with Crippen LogP contribution in [0.1, 0.15) is 5.56 Å². The Morgan fingerprint density at radius 1 is 1.08 bits per heavy atom. The van der Waals surface area contributed by atoms with E-state index in [1.54, 1.807) is 37.3 Å².